The van der Waals surface area contributed by atoms with Crippen LogP contribution in [0.25, 0.3) is 0 Å². The number of hydrogen-bond acceptors (Lipinski definition) is 6. The van der Waals surface area contributed by atoms with E-state index in [9.17, 15) is 8.42 Å². The lowest BCUT2D eigenvalue weighted by Gasteiger charge is -1.96. The van der Waals surface area contributed by atoms with Gasteiger partial charge in [-0.1, -0.05) is 6.07 Å². The fraction of sp³-hybridized carbons (Fsp3) is 0. The molecule has 0 saturated heterocycles. The van der Waals surface area contributed by atoms with Crippen LogP contribution in [0, 0.1) is 0 Å². The molecule has 0 amide bonds. The zero-order chi connectivity index (χ0) is 12.1. The number of benzene rings is 1. The number of rotatable bonds is 1. The van der Waals surface area contributed by atoms with Gasteiger partial charge in [0, 0.05) is 5.69 Å². The molecular weight excluding hydrogens is 246 g/mol. The molecule has 1 aromatic rings. The SMILES string of the molecule is Nc1cccc(S(=O)(=O)O)c1.O=S(=O)=O. The van der Waals surface area contributed by atoms with Crippen LogP contribution in [-0.2, 0) is 20.7 Å². The molecule has 9 heteroatoms. The third-order valence-corrected chi connectivity index (χ3v) is 2.01. The second-order valence-corrected chi connectivity index (χ2v) is 4.08. The monoisotopic (exact) mass is 253 g/mol. The van der Waals surface area contributed by atoms with Gasteiger partial charge in [0.15, 0.2) is 0 Å². The van der Waals surface area contributed by atoms with E-state index in [1.165, 1.54) is 24.3 Å². The van der Waals surface area contributed by atoms with Crippen LogP contribution in [0.2, 0.25) is 0 Å². The molecule has 0 aliphatic heterocycles. The van der Waals surface area contributed by atoms with Gasteiger partial charge in [-0.15, -0.1) is 12.6 Å². The molecule has 0 heterocycles. The molecule has 0 aromatic heterocycles. The van der Waals surface area contributed by atoms with E-state index in [1.54, 1.807) is 0 Å². The van der Waals surface area contributed by atoms with Crippen molar-refractivity contribution in [3.05, 3.63) is 24.3 Å². The minimum absolute atomic E-state index is 0.183. The Kier molecular flexibility index (Phi) is 4.91. The quantitative estimate of drug-likeness (QED) is 0.509. The first-order chi connectivity index (χ1) is 6.73. The molecule has 3 N–H and O–H groups in total. The highest BCUT2D eigenvalue weighted by molar-refractivity contribution is 7.85. The number of nitrogen functional groups attached to an aromatic ring is 1. The maximum Gasteiger partial charge on any atom is 0.425 e. The standard InChI is InChI=1S/C6H7NO3S.O3S/c7-5-2-1-3-6(4-5)11(8,9)10;1-4(2)3/h1-4H,7H2,(H,8,9,10);. The van der Waals surface area contributed by atoms with Crippen molar-refractivity contribution in [2.24, 2.45) is 0 Å². The van der Waals surface area contributed by atoms with Gasteiger partial charge >= 0.3 is 10.6 Å². The van der Waals surface area contributed by atoms with Crippen molar-refractivity contribution in [3.63, 3.8) is 0 Å². The van der Waals surface area contributed by atoms with Crippen LogP contribution in [0.5, 0.6) is 0 Å². The highest BCUT2D eigenvalue weighted by Gasteiger charge is 2.07. The average molecular weight is 253 g/mol. The maximum absolute atomic E-state index is 10.5. The van der Waals surface area contributed by atoms with Gasteiger partial charge in [-0.05, 0) is 18.2 Å². The lowest BCUT2D eigenvalue weighted by molar-refractivity contribution is 0.483. The van der Waals surface area contributed by atoms with Crippen LogP contribution < -0.4 is 5.73 Å². The minimum atomic E-state index is -4.11. The van der Waals surface area contributed by atoms with Gasteiger partial charge in [-0.3, -0.25) is 4.55 Å². The van der Waals surface area contributed by atoms with Crippen molar-refractivity contribution in [2.45, 2.75) is 4.90 Å². The van der Waals surface area contributed by atoms with Gasteiger partial charge in [0.1, 0.15) is 0 Å². The third-order valence-electron chi connectivity index (χ3n) is 1.16. The first kappa shape index (κ1) is 13.5. The van der Waals surface area contributed by atoms with Crippen LogP contribution in [0.3, 0.4) is 0 Å². The molecule has 0 fully saturated rings. The Hall–Kier alpha value is -1.45. The highest BCUT2D eigenvalue weighted by atomic mass is 32.2. The number of nitrogens with two attached hydrogens (primary N) is 1. The highest BCUT2D eigenvalue weighted by Crippen LogP contribution is 2.11. The van der Waals surface area contributed by atoms with E-state index >= 15 is 0 Å². The van der Waals surface area contributed by atoms with Gasteiger partial charge < -0.3 is 5.73 Å². The Morgan fingerprint density at radius 2 is 1.67 bits per heavy atom. The van der Waals surface area contributed by atoms with Crippen LogP contribution in [0.15, 0.2) is 29.2 Å². The van der Waals surface area contributed by atoms with Crippen molar-refractivity contribution in [2.75, 3.05) is 5.73 Å². The third kappa shape index (κ3) is 6.60. The van der Waals surface area contributed by atoms with E-state index in [1.807, 2.05) is 0 Å². The molecule has 84 valence electrons. The first-order valence-corrected chi connectivity index (χ1v) is 5.77. The summed E-state index contributed by atoms with van der Waals surface area (Å²) in [4.78, 5) is -0.183. The first-order valence-electron chi connectivity index (χ1n) is 3.33. The fourth-order valence-corrected chi connectivity index (χ4v) is 1.21. The van der Waals surface area contributed by atoms with E-state index in [0.717, 1.165) is 0 Å². The van der Waals surface area contributed by atoms with Crippen molar-refractivity contribution < 1.29 is 25.6 Å². The zero-order valence-corrected chi connectivity index (χ0v) is 8.82. The molecule has 0 saturated carbocycles. The molecule has 15 heavy (non-hydrogen) atoms. The Balaban J connectivity index is 0.000000423. The fourth-order valence-electron chi connectivity index (χ4n) is 0.675. The van der Waals surface area contributed by atoms with Gasteiger partial charge in [-0.25, -0.2) is 0 Å². The molecule has 0 unspecified atom stereocenters. The largest absolute Gasteiger partial charge is 0.425 e. The molecule has 0 aliphatic carbocycles. The van der Waals surface area contributed by atoms with Crippen molar-refractivity contribution in [3.8, 4) is 0 Å². The van der Waals surface area contributed by atoms with Gasteiger partial charge in [0.25, 0.3) is 10.1 Å². The van der Waals surface area contributed by atoms with Crippen LogP contribution >= 0.6 is 0 Å². The van der Waals surface area contributed by atoms with E-state index < -0.39 is 20.7 Å². The summed E-state index contributed by atoms with van der Waals surface area (Å²) in [6, 6.07) is 5.45. The molecule has 0 spiro atoms. The molecule has 0 bridgehead atoms. The molecule has 0 aliphatic rings. The lowest BCUT2D eigenvalue weighted by atomic mass is 10.3. The Bertz CT molecular complexity index is 525. The Labute approximate surface area is 87.3 Å². The smallest absolute Gasteiger partial charge is 0.399 e. The van der Waals surface area contributed by atoms with Crippen LogP contribution in [-0.4, -0.2) is 25.6 Å². The van der Waals surface area contributed by atoms with E-state index in [4.69, 9.17) is 22.9 Å². The lowest BCUT2D eigenvalue weighted by Crippen LogP contribution is -1.98. The molecule has 0 atom stereocenters. The topological polar surface area (TPSA) is 132 Å². The summed E-state index contributed by atoms with van der Waals surface area (Å²) >= 11 is 0. The minimum Gasteiger partial charge on any atom is -0.399 e. The normalized spacial score (nSPS) is 9.93. The maximum atomic E-state index is 10.5. The average Bonchev–Trinajstić information content (AvgIpc) is 2.01. The summed E-state index contributed by atoms with van der Waals surface area (Å²) in [6.45, 7) is 0. The summed E-state index contributed by atoms with van der Waals surface area (Å²) in [5, 5.41) is 0. The van der Waals surface area contributed by atoms with Crippen molar-refractivity contribution in [1.82, 2.24) is 0 Å². The predicted octanol–water partition coefficient (Wildman–Crippen LogP) is -0.489. The zero-order valence-electron chi connectivity index (χ0n) is 7.19. The second kappa shape index (κ2) is 5.44. The Morgan fingerprint density at radius 3 is 1.93 bits per heavy atom. The van der Waals surface area contributed by atoms with E-state index in [2.05, 4.69) is 0 Å². The van der Waals surface area contributed by atoms with Crippen molar-refractivity contribution >= 4 is 26.4 Å². The van der Waals surface area contributed by atoms with Crippen molar-refractivity contribution in [1.29, 1.82) is 0 Å². The molecule has 0 radical (unpaired) electrons. The molecule has 7 nitrogen and oxygen atoms in total. The summed E-state index contributed by atoms with van der Waals surface area (Å²) in [7, 11) is -7.22. The van der Waals surface area contributed by atoms with Gasteiger partial charge in [0.05, 0.1) is 4.90 Å². The summed E-state index contributed by atoms with van der Waals surface area (Å²) in [6.07, 6.45) is 0. The molecule has 1 aromatic carbocycles. The van der Waals surface area contributed by atoms with Gasteiger partial charge in [0.2, 0.25) is 0 Å². The summed E-state index contributed by atoms with van der Waals surface area (Å²) < 4.78 is 54.8. The number of hydrogen-bond donors (Lipinski definition) is 2. The summed E-state index contributed by atoms with van der Waals surface area (Å²) in [5.41, 5.74) is 5.59. The van der Waals surface area contributed by atoms with Crippen LogP contribution in [0.4, 0.5) is 5.69 Å². The number of anilines is 1. The summed E-state index contributed by atoms with van der Waals surface area (Å²) in [5.74, 6) is 0. The second-order valence-electron chi connectivity index (χ2n) is 2.25. The Morgan fingerprint density at radius 1 is 1.20 bits per heavy atom. The van der Waals surface area contributed by atoms with E-state index in [-0.39, 0.29) is 4.90 Å². The van der Waals surface area contributed by atoms with Crippen LogP contribution in [0.1, 0.15) is 0 Å². The predicted molar refractivity (Wildman–Crippen MR) is 50.4 cm³/mol. The molecule has 1 rings (SSSR count). The molecular formula is C6H7NO6S2. The van der Waals surface area contributed by atoms with E-state index in [0.29, 0.717) is 5.69 Å². The van der Waals surface area contributed by atoms with Gasteiger partial charge in [-0.2, -0.15) is 8.42 Å².